The maximum Gasteiger partial charge on any atom is 0.272 e. The van der Waals surface area contributed by atoms with Gasteiger partial charge in [-0.3, -0.25) is 14.9 Å². The minimum absolute atomic E-state index is 0.0188. The van der Waals surface area contributed by atoms with E-state index in [4.69, 9.17) is 4.74 Å². The fourth-order valence-corrected chi connectivity index (χ4v) is 1.92. The summed E-state index contributed by atoms with van der Waals surface area (Å²) in [5, 5.41) is 10.9. The first-order chi connectivity index (χ1) is 9.93. The highest BCUT2D eigenvalue weighted by Gasteiger charge is 2.16. The second-order valence-electron chi connectivity index (χ2n) is 4.53. The molecule has 2 aromatic rings. The summed E-state index contributed by atoms with van der Waals surface area (Å²) in [6.07, 6.45) is 0.373. The molecule has 0 N–H and O–H groups in total. The van der Waals surface area contributed by atoms with Gasteiger partial charge in [-0.25, -0.2) is 4.39 Å². The van der Waals surface area contributed by atoms with Crippen molar-refractivity contribution in [1.29, 1.82) is 0 Å². The van der Waals surface area contributed by atoms with Crippen molar-refractivity contribution in [2.45, 2.75) is 13.8 Å². The number of nitrogens with zero attached hydrogens (tertiary/aromatic N) is 1. The fourth-order valence-electron chi connectivity index (χ4n) is 1.92. The summed E-state index contributed by atoms with van der Waals surface area (Å²) in [7, 11) is 0. The van der Waals surface area contributed by atoms with Gasteiger partial charge in [0.15, 0.2) is 6.29 Å². The Labute approximate surface area is 120 Å². The van der Waals surface area contributed by atoms with Crippen molar-refractivity contribution >= 4 is 12.0 Å². The molecule has 0 aromatic heterocycles. The lowest BCUT2D eigenvalue weighted by molar-refractivity contribution is -0.385. The summed E-state index contributed by atoms with van der Waals surface area (Å²) in [5.74, 6) is -0.271. The Bertz CT molecular complexity index is 728. The van der Waals surface area contributed by atoms with Gasteiger partial charge in [0.25, 0.3) is 5.69 Å². The van der Waals surface area contributed by atoms with E-state index in [0.29, 0.717) is 23.2 Å². The molecule has 0 saturated carbocycles. The van der Waals surface area contributed by atoms with Crippen LogP contribution < -0.4 is 4.74 Å². The van der Waals surface area contributed by atoms with Crippen molar-refractivity contribution in [2.75, 3.05) is 0 Å². The number of aryl methyl sites for hydroxylation is 2. The van der Waals surface area contributed by atoms with Crippen LogP contribution in [0.5, 0.6) is 11.5 Å². The second kappa shape index (κ2) is 5.70. The van der Waals surface area contributed by atoms with E-state index < -0.39 is 10.7 Å². The first-order valence-electron chi connectivity index (χ1n) is 6.11. The molecule has 0 aliphatic carbocycles. The van der Waals surface area contributed by atoms with E-state index in [2.05, 4.69) is 0 Å². The van der Waals surface area contributed by atoms with Crippen LogP contribution in [-0.4, -0.2) is 11.2 Å². The number of nitro groups is 1. The van der Waals surface area contributed by atoms with E-state index in [1.807, 2.05) is 0 Å². The second-order valence-corrected chi connectivity index (χ2v) is 4.53. The summed E-state index contributed by atoms with van der Waals surface area (Å²) < 4.78 is 19.0. The molecule has 0 fully saturated rings. The summed E-state index contributed by atoms with van der Waals surface area (Å²) in [6.45, 7) is 3.22. The minimum Gasteiger partial charge on any atom is -0.456 e. The third-order valence-electron chi connectivity index (χ3n) is 3.04. The number of halogens is 1. The number of aldehydes is 1. The molecule has 0 amide bonds. The summed E-state index contributed by atoms with van der Waals surface area (Å²) in [5.41, 5.74) is 0.737. The van der Waals surface area contributed by atoms with E-state index in [1.54, 1.807) is 13.8 Å². The average Bonchev–Trinajstić information content (AvgIpc) is 2.42. The molecule has 6 heteroatoms. The van der Waals surface area contributed by atoms with E-state index in [0.717, 1.165) is 6.07 Å². The maximum absolute atomic E-state index is 13.5. The van der Waals surface area contributed by atoms with Crippen LogP contribution in [-0.2, 0) is 0 Å². The van der Waals surface area contributed by atoms with Gasteiger partial charge >= 0.3 is 0 Å². The Hall–Kier alpha value is -2.76. The van der Waals surface area contributed by atoms with Crippen LogP contribution in [0.15, 0.2) is 30.3 Å². The van der Waals surface area contributed by atoms with E-state index in [-0.39, 0.29) is 17.0 Å². The lowest BCUT2D eigenvalue weighted by Gasteiger charge is -2.11. The topological polar surface area (TPSA) is 69.4 Å². The molecule has 108 valence electrons. The molecular formula is C15H12FNO4. The van der Waals surface area contributed by atoms with Crippen LogP contribution in [0.4, 0.5) is 10.1 Å². The number of carbonyl (C=O) groups is 1. The van der Waals surface area contributed by atoms with Crippen LogP contribution in [0.25, 0.3) is 0 Å². The summed E-state index contributed by atoms with van der Waals surface area (Å²) in [6, 6.07) is 6.91. The molecule has 0 bridgehead atoms. The zero-order valence-corrected chi connectivity index (χ0v) is 11.4. The van der Waals surface area contributed by atoms with E-state index >= 15 is 0 Å². The lowest BCUT2D eigenvalue weighted by atomic mass is 10.1. The molecule has 0 unspecified atom stereocenters. The highest BCUT2D eigenvalue weighted by atomic mass is 19.1. The molecule has 0 aliphatic rings. The van der Waals surface area contributed by atoms with Gasteiger partial charge in [0.05, 0.1) is 10.5 Å². The quantitative estimate of drug-likeness (QED) is 0.485. The zero-order valence-electron chi connectivity index (χ0n) is 11.4. The first kappa shape index (κ1) is 14.6. The standard InChI is InChI=1S/C15H12FNO4/c1-9-7-15(10(2)6-13(9)17(19)20)21-14-5-3-4-12(16)11(14)8-18/h3-8H,1-2H3. The van der Waals surface area contributed by atoms with Crippen LogP contribution in [0.2, 0.25) is 0 Å². The van der Waals surface area contributed by atoms with Crippen molar-refractivity contribution < 1.29 is 18.8 Å². The largest absolute Gasteiger partial charge is 0.456 e. The van der Waals surface area contributed by atoms with Gasteiger partial charge in [-0.15, -0.1) is 0 Å². The predicted molar refractivity (Wildman–Crippen MR) is 74.4 cm³/mol. The molecule has 0 atom stereocenters. The molecule has 2 aromatic carbocycles. The van der Waals surface area contributed by atoms with Crippen LogP contribution >= 0.6 is 0 Å². The number of hydrogen-bond donors (Lipinski definition) is 0. The average molecular weight is 289 g/mol. The monoisotopic (exact) mass is 289 g/mol. The first-order valence-corrected chi connectivity index (χ1v) is 6.11. The van der Waals surface area contributed by atoms with Crippen LogP contribution in [0.1, 0.15) is 21.5 Å². The van der Waals surface area contributed by atoms with Gasteiger partial charge in [0.1, 0.15) is 17.3 Å². The van der Waals surface area contributed by atoms with E-state index in [9.17, 15) is 19.3 Å². The predicted octanol–water partition coefficient (Wildman–Crippen LogP) is 3.96. The summed E-state index contributed by atoms with van der Waals surface area (Å²) >= 11 is 0. The van der Waals surface area contributed by atoms with Gasteiger partial charge in [-0.2, -0.15) is 0 Å². The Morgan fingerprint density at radius 3 is 2.52 bits per heavy atom. The number of rotatable bonds is 4. The third kappa shape index (κ3) is 2.89. The number of benzene rings is 2. The molecule has 0 spiro atoms. The molecule has 0 saturated heterocycles. The molecular weight excluding hydrogens is 277 g/mol. The highest BCUT2D eigenvalue weighted by molar-refractivity contribution is 5.80. The van der Waals surface area contributed by atoms with Crippen molar-refractivity contribution in [3.8, 4) is 11.5 Å². The SMILES string of the molecule is Cc1cc([N+](=O)[O-])c(C)cc1Oc1cccc(F)c1C=O. The highest BCUT2D eigenvalue weighted by Crippen LogP contribution is 2.32. The van der Waals surface area contributed by atoms with Crippen molar-refractivity contribution in [2.24, 2.45) is 0 Å². The Balaban J connectivity index is 2.46. The number of carbonyl (C=O) groups excluding carboxylic acids is 1. The molecule has 21 heavy (non-hydrogen) atoms. The Morgan fingerprint density at radius 2 is 1.90 bits per heavy atom. The maximum atomic E-state index is 13.5. The summed E-state index contributed by atoms with van der Waals surface area (Å²) in [4.78, 5) is 21.3. The fraction of sp³-hybridized carbons (Fsp3) is 0.133. The zero-order chi connectivity index (χ0) is 15.6. The van der Waals surface area contributed by atoms with Crippen LogP contribution in [0, 0.1) is 29.8 Å². The molecule has 0 heterocycles. The Kier molecular flexibility index (Phi) is 3.98. The van der Waals surface area contributed by atoms with Gasteiger partial charge < -0.3 is 4.74 Å². The molecule has 2 rings (SSSR count). The molecule has 0 aliphatic heterocycles. The third-order valence-corrected chi connectivity index (χ3v) is 3.04. The smallest absolute Gasteiger partial charge is 0.272 e. The van der Waals surface area contributed by atoms with Crippen LogP contribution in [0.3, 0.4) is 0 Å². The lowest BCUT2D eigenvalue weighted by Crippen LogP contribution is -1.98. The normalized spacial score (nSPS) is 10.2. The van der Waals surface area contributed by atoms with Gasteiger partial charge in [-0.1, -0.05) is 6.07 Å². The van der Waals surface area contributed by atoms with Crippen molar-refractivity contribution in [3.05, 3.63) is 63.0 Å². The Morgan fingerprint density at radius 1 is 1.19 bits per heavy atom. The van der Waals surface area contributed by atoms with Crippen molar-refractivity contribution in [1.82, 2.24) is 0 Å². The van der Waals surface area contributed by atoms with Crippen molar-refractivity contribution in [3.63, 3.8) is 0 Å². The number of nitro benzene ring substituents is 1. The van der Waals surface area contributed by atoms with Gasteiger partial charge in [0, 0.05) is 11.6 Å². The number of ether oxygens (including phenoxy) is 1. The van der Waals surface area contributed by atoms with Gasteiger partial charge in [0.2, 0.25) is 0 Å². The number of hydrogen-bond acceptors (Lipinski definition) is 4. The van der Waals surface area contributed by atoms with Gasteiger partial charge in [-0.05, 0) is 37.6 Å². The van der Waals surface area contributed by atoms with E-state index in [1.165, 1.54) is 24.3 Å². The molecule has 0 radical (unpaired) electrons. The molecule has 5 nitrogen and oxygen atoms in total. The minimum atomic E-state index is -0.682.